The summed E-state index contributed by atoms with van der Waals surface area (Å²) >= 11 is 1.34. The lowest BCUT2D eigenvalue weighted by Crippen LogP contribution is -2.30. The average Bonchev–Trinajstić information content (AvgIpc) is 3.45. The van der Waals surface area contributed by atoms with Gasteiger partial charge in [0.1, 0.15) is 0 Å². The molecule has 1 N–H and O–H groups in total. The highest BCUT2D eigenvalue weighted by molar-refractivity contribution is 7.89. The summed E-state index contributed by atoms with van der Waals surface area (Å²) in [4.78, 5) is 17.6. The molecule has 1 heterocycles. The van der Waals surface area contributed by atoms with Gasteiger partial charge in [-0.3, -0.25) is 10.1 Å². The second kappa shape index (κ2) is 12.4. The topological polar surface area (TPSA) is 79.4 Å². The summed E-state index contributed by atoms with van der Waals surface area (Å²) in [7, 11) is -3.71. The molecule has 0 bridgehead atoms. The Kier molecular flexibility index (Phi) is 8.50. The van der Waals surface area contributed by atoms with Gasteiger partial charge in [-0.05, 0) is 47.4 Å². The van der Waals surface area contributed by atoms with E-state index in [0.29, 0.717) is 17.2 Å². The highest BCUT2D eigenvalue weighted by Crippen LogP contribution is 2.26. The van der Waals surface area contributed by atoms with E-state index in [2.05, 4.69) is 34.6 Å². The average molecular weight is 568 g/mol. The van der Waals surface area contributed by atoms with Crippen LogP contribution in [0.1, 0.15) is 34.0 Å². The number of benzene rings is 4. The molecule has 0 saturated carbocycles. The lowest BCUT2D eigenvalue weighted by molar-refractivity contribution is 0.102. The maximum Gasteiger partial charge on any atom is 0.257 e. The monoisotopic (exact) mass is 567 g/mol. The van der Waals surface area contributed by atoms with E-state index >= 15 is 0 Å². The van der Waals surface area contributed by atoms with Crippen molar-refractivity contribution in [2.75, 3.05) is 11.9 Å². The molecule has 0 spiro atoms. The van der Waals surface area contributed by atoms with Crippen molar-refractivity contribution in [2.24, 2.45) is 0 Å². The normalized spacial score (nSPS) is 11.4. The van der Waals surface area contributed by atoms with Crippen molar-refractivity contribution < 1.29 is 13.2 Å². The van der Waals surface area contributed by atoms with Crippen molar-refractivity contribution in [3.8, 4) is 11.3 Å². The zero-order valence-corrected chi connectivity index (χ0v) is 23.7. The number of nitrogens with one attached hydrogen (secondary N) is 1. The van der Waals surface area contributed by atoms with Gasteiger partial charge < -0.3 is 0 Å². The summed E-state index contributed by atoms with van der Waals surface area (Å²) in [5.74, 6) is -0.348. The van der Waals surface area contributed by atoms with Crippen LogP contribution in [0.25, 0.3) is 11.3 Å². The van der Waals surface area contributed by atoms with Gasteiger partial charge in [0, 0.05) is 29.6 Å². The number of anilines is 1. The first-order chi connectivity index (χ1) is 19.4. The van der Waals surface area contributed by atoms with Gasteiger partial charge in [-0.25, -0.2) is 13.4 Å². The van der Waals surface area contributed by atoms with Crippen molar-refractivity contribution in [3.63, 3.8) is 0 Å². The summed E-state index contributed by atoms with van der Waals surface area (Å²) in [5.41, 5.74) is 5.49. The van der Waals surface area contributed by atoms with Crippen LogP contribution in [0.4, 0.5) is 5.13 Å². The smallest absolute Gasteiger partial charge is 0.257 e. The minimum Gasteiger partial charge on any atom is -0.298 e. The van der Waals surface area contributed by atoms with E-state index < -0.39 is 10.0 Å². The molecule has 0 unspecified atom stereocenters. The number of amides is 1. The molecule has 4 aromatic carbocycles. The molecule has 0 atom stereocenters. The van der Waals surface area contributed by atoms with Crippen LogP contribution in [0, 0.1) is 0 Å². The van der Waals surface area contributed by atoms with Gasteiger partial charge in [-0.15, -0.1) is 11.3 Å². The molecule has 1 amide bonds. The van der Waals surface area contributed by atoms with Crippen molar-refractivity contribution in [1.29, 1.82) is 0 Å². The minimum atomic E-state index is -3.71. The van der Waals surface area contributed by atoms with E-state index in [-0.39, 0.29) is 17.3 Å². The van der Waals surface area contributed by atoms with Crippen LogP contribution in [0.2, 0.25) is 0 Å². The maximum absolute atomic E-state index is 13.2. The van der Waals surface area contributed by atoms with E-state index in [0.717, 1.165) is 23.2 Å². The molecule has 202 valence electrons. The second-order valence-electron chi connectivity index (χ2n) is 9.29. The standard InChI is InChI=1S/C32H29N3O3S2/c1-2-35(22-26-11-7-4-8-12-26)40(37,38)29-19-17-28(18-20-29)31(36)34-32-33-30(23-39-32)27-15-13-25(14-16-27)21-24-9-5-3-6-10-24/h3-20,23H,2,21-22H2,1H3,(H,33,34,36). The molecule has 8 heteroatoms. The number of nitrogens with zero attached hydrogens (tertiary/aromatic N) is 2. The highest BCUT2D eigenvalue weighted by atomic mass is 32.2. The Morgan fingerprint density at radius 2 is 1.40 bits per heavy atom. The largest absolute Gasteiger partial charge is 0.298 e. The molecule has 0 aliphatic heterocycles. The van der Waals surface area contributed by atoms with Crippen molar-refractivity contribution >= 4 is 32.4 Å². The number of hydrogen-bond donors (Lipinski definition) is 1. The van der Waals surface area contributed by atoms with Crippen LogP contribution in [-0.4, -0.2) is 30.2 Å². The van der Waals surface area contributed by atoms with Gasteiger partial charge in [0.15, 0.2) is 5.13 Å². The van der Waals surface area contributed by atoms with Gasteiger partial charge >= 0.3 is 0 Å². The van der Waals surface area contributed by atoms with E-state index in [1.807, 2.05) is 73.0 Å². The Labute approximate surface area is 239 Å². The molecule has 40 heavy (non-hydrogen) atoms. The predicted molar refractivity (Wildman–Crippen MR) is 161 cm³/mol. The van der Waals surface area contributed by atoms with Crippen molar-refractivity contribution in [1.82, 2.24) is 9.29 Å². The molecule has 0 fully saturated rings. The van der Waals surface area contributed by atoms with Crippen LogP contribution in [-0.2, 0) is 23.0 Å². The zero-order valence-electron chi connectivity index (χ0n) is 22.0. The summed E-state index contributed by atoms with van der Waals surface area (Å²) in [6, 6.07) is 34.0. The number of sulfonamides is 1. The number of hydrogen-bond acceptors (Lipinski definition) is 5. The SMILES string of the molecule is CCN(Cc1ccccc1)S(=O)(=O)c1ccc(C(=O)Nc2nc(-c3ccc(Cc4ccccc4)cc3)cs2)cc1. The summed E-state index contributed by atoms with van der Waals surface area (Å²) in [6.07, 6.45) is 0.864. The fraction of sp³-hybridized carbons (Fsp3) is 0.125. The molecular weight excluding hydrogens is 539 g/mol. The molecule has 0 radical (unpaired) electrons. The molecule has 1 aromatic heterocycles. The fourth-order valence-electron chi connectivity index (χ4n) is 4.34. The number of thiazole rings is 1. The predicted octanol–water partition coefficient (Wildman–Crippen LogP) is 6.86. The van der Waals surface area contributed by atoms with Crippen LogP contribution in [0.5, 0.6) is 0 Å². The number of rotatable bonds is 10. The van der Waals surface area contributed by atoms with E-state index in [1.54, 1.807) is 0 Å². The van der Waals surface area contributed by atoms with Crippen LogP contribution in [0.15, 0.2) is 119 Å². The lowest BCUT2D eigenvalue weighted by atomic mass is 10.0. The number of carbonyl (C=O) groups excluding carboxylic acids is 1. The molecule has 5 aromatic rings. The van der Waals surface area contributed by atoms with E-state index in [1.165, 1.54) is 51.0 Å². The van der Waals surface area contributed by atoms with Gasteiger partial charge in [0.05, 0.1) is 10.6 Å². The Bertz CT molecular complexity index is 1670. The van der Waals surface area contributed by atoms with Gasteiger partial charge in [0.2, 0.25) is 10.0 Å². The third-order valence-electron chi connectivity index (χ3n) is 6.53. The van der Waals surface area contributed by atoms with Crippen molar-refractivity contribution in [2.45, 2.75) is 24.8 Å². The van der Waals surface area contributed by atoms with Crippen LogP contribution < -0.4 is 5.32 Å². The molecule has 6 nitrogen and oxygen atoms in total. The highest BCUT2D eigenvalue weighted by Gasteiger charge is 2.23. The van der Waals surface area contributed by atoms with Gasteiger partial charge in [-0.1, -0.05) is 91.9 Å². The Morgan fingerprint density at radius 3 is 2.02 bits per heavy atom. The van der Waals surface area contributed by atoms with Gasteiger partial charge in [-0.2, -0.15) is 4.31 Å². The summed E-state index contributed by atoms with van der Waals surface area (Å²) in [5, 5.41) is 5.21. The van der Waals surface area contributed by atoms with Crippen LogP contribution in [0.3, 0.4) is 0 Å². The molecule has 0 aliphatic carbocycles. The number of carbonyl (C=O) groups is 1. The van der Waals surface area contributed by atoms with Crippen LogP contribution >= 0.6 is 11.3 Å². The minimum absolute atomic E-state index is 0.147. The Hall–Kier alpha value is -4.11. The van der Waals surface area contributed by atoms with E-state index in [9.17, 15) is 13.2 Å². The zero-order chi connectivity index (χ0) is 28.0. The first-order valence-corrected chi connectivity index (χ1v) is 15.3. The summed E-state index contributed by atoms with van der Waals surface area (Å²) < 4.78 is 27.8. The molecule has 0 aliphatic rings. The Morgan fingerprint density at radius 1 is 0.800 bits per heavy atom. The van der Waals surface area contributed by atoms with Gasteiger partial charge in [0.25, 0.3) is 5.91 Å². The fourth-order valence-corrected chi connectivity index (χ4v) is 6.49. The quantitative estimate of drug-likeness (QED) is 0.200. The first-order valence-electron chi connectivity index (χ1n) is 13.0. The second-order valence-corrected chi connectivity index (χ2v) is 12.1. The van der Waals surface area contributed by atoms with E-state index in [4.69, 9.17) is 0 Å². The lowest BCUT2D eigenvalue weighted by Gasteiger charge is -2.20. The molecular formula is C32H29N3O3S2. The molecule has 5 rings (SSSR count). The maximum atomic E-state index is 13.2. The third-order valence-corrected chi connectivity index (χ3v) is 9.23. The summed E-state index contributed by atoms with van der Waals surface area (Å²) in [6.45, 7) is 2.43. The first kappa shape index (κ1) is 27.5. The van der Waals surface area contributed by atoms with Crippen molar-refractivity contribution in [3.05, 3.63) is 137 Å². The third kappa shape index (κ3) is 6.54. The molecule has 0 saturated heterocycles. The Balaban J connectivity index is 1.22. The number of aromatic nitrogens is 1.